The van der Waals surface area contributed by atoms with Crippen molar-refractivity contribution in [2.24, 2.45) is 5.92 Å². The maximum atomic E-state index is 13.5. The molecule has 0 saturated heterocycles. The number of imidazole rings is 1. The molecule has 0 spiro atoms. The average molecular weight is 325 g/mol. The van der Waals surface area contributed by atoms with Gasteiger partial charge in [-0.15, -0.1) is 0 Å². The predicted molar refractivity (Wildman–Crippen MR) is 78.1 cm³/mol. The van der Waals surface area contributed by atoms with Crippen molar-refractivity contribution in [2.45, 2.75) is 25.4 Å². The third kappa shape index (κ3) is 3.70. The molecule has 1 amide bonds. The molecule has 2 aromatic rings. The van der Waals surface area contributed by atoms with Crippen molar-refractivity contribution in [2.75, 3.05) is 0 Å². The van der Waals surface area contributed by atoms with Gasteiger partial charge in [-0.2, -0.15) is 8.42 Å². The second kappa shape index (κ2) is 6.27. The molecule has 0 radical (unpaired) electrons. The summed E-state index contributed by atoms with van der Waals surface area (Å²) in [5.74, 6) is -1.50. The Balaban J connectivity index is 2.19. The third-order valence-electron chi connectivity index (χ3n) is 2.81. The first-order valence-electron chi connectivity index (χ1n) is 6.63. The van der Waals surface area contributed by atoms with Crippen LogP contribution in [0.4, 0.5) is 4.39 Å². The van der Waals surface area contributed by atoms with Crippen LogP contribution in [0.3, 0.4) is 0 Å². The SMILES string of the molecule is CC(C)Cn1cnc(S(=O)(=O)NC(=O)c2ccccc2F)c1. The number of hydrogen-bond donors (Lipinski definition) is 1. The fourth-order valence-corrected chi connectivity index (χ4v) is 2.79. The van der Waals surface area contributed by atoms with Gasteiger partial charge in [-0.1, -0.05) is 26.0 Å². The molecule has 1 heterocycles. The number of amides is 1. The fourth-order valence-electron chi connectivity index (χ4n) is 1.87. The molecular weight excluding hydrogens is 309 g/mol. The molecule has 0 saturated carbocycles. The van der Waals surface area contributed by atoms with Crippen molar-refractivity contribution in [3.05, 3.63) is 48.2 Å². The van der Waals surface area contributed by atoms with Crippen LogP contribution in [0.15, 0.2) is 41.8 Å². The number of nitrogens with one attached hydrogen (secondary N) is 1. The molecule has 1 aromatic heterocycles. The van der Waals surface area contributed by atoms with E-state index in [9.17, 15) is 17.6 Å². The lowest BCUT2D eigenvalue weighted by Gasteiger charge is -2.06. The van der Waals surface area contributed by atoms with E-state index < -0.39 is 21.7 Å². The molecule has 0 aliphatic heterocycles. The van der Waals surface area contributed by atoms with Crippen LogP contribution in [0, 0.1) is 11.7 Å². The van der Waals surface area contributed by atoms with E-state index in [1.807, 2.05) is 18.6 Å². The van der Waals surface area contributed by atoms with E-state index in [1.54, 1.807) is 4.57 Å². The van der Waals surface area contributed by atoms with Crippen molar-refractivity contribution in [1.29, 1.82) is 0 Å². The van der Waals surface area contributed by atoms with Crippen molar-refractivity contribution in [3.8, 4) is 0 Å². The number of aromatic nitrogens is 2. The maximum absolute atomic E-state index is 13.5. The van der Waals surface area contributed by atoms with Gasteiger partial charge in [0.1, 0.15) is 5.82 Å². The third-order valence-corrected chi connectivity index (χ3v) is 4.02. The lowest BCUT2D eigenvalue weighted by molar-refractivity contribution is 0.0977. The second-order valence-electron chi connectivity index (χ2n) is 5.22. The standard InChI is InChI=1S/C14H16FN3O3S/c1-10(2)7-18-8-13(16-9-18)22(20,21)17-14(19)11-5-3-4-6-12(11)15/h3-6,8-10H,7H2,1-2H3,(H,17,19). The quantitative estimate of drug-likeness (QED) is 0.909. The van der Waals surface area contributed by atoms with Gasteiger partial charge in [-0.25, -0.2) is 14.1 Å². The van der Waals surface area contributed by atoms with Gasteiger partial charge in [-0.3, -0.25) is 4.79 Å². The number of benzene rings is 1. The molecule has 1 aromatic carbocycles. The molecule has 0 bridgehead atoms. The van der Waals surface area contributed by atoms with Gasteiger partial charge >= 0.3 is 0 Å². The number of nitrogens with zero attached hydrogens (tertiary/aromatic N) is 2. The summed E-state index contributed by atoms with van der Waals surface area (Å²) in [7, 11) is -4.14. The molecule has 8 heteroatoms. The van der Waals surface area contributed by atoms with E-state index in [0.29, 0.717) is 12.5 Å². The Labute approximate surface area is 128 Å². The van der Waals surface area contributed by atoms with Gasteiger partial charge in [0.25, 0.3) is 15.9 Å². The van der Waals surface area contributed by atoms with E-state index in [0.717, 1.165) is 6.07 Å². The van der Waals surface area contributed by atoms with Crippen molar-refractivity contribution < 1.29 is 17.6 Å². The number of halogens is 1. The van der Waals surface area contributed by atoms with E-state index in [1.165, 1.54) is 30.7 Å². The van der Waals surface area contributed by atoms with Crippen LogP contribution in [0.1, 0.15) is 24.2 Å². The molecule has 0 aliphatic rings. The van der Waals surface area contributed by atoms with Gasteiger partial charge < -0.3 is 4.57 Å². The molecule has 0 aliphatic carbocycles. The highest BCUT2D eigenvalue weighted by Gasteiger charge is 2.22. The van der Waals surface area contributed by atoms with Crippen molar-refractivity contribution in [3.63, 3.8) is 0 Å². The molecule has 118 valence electrons. The summed E-state index contributed by atoms with van der Waals surface area (Å²) < 4.78 is 41.1. The zero-order chi connectivity index (χ0) is 16.3. The maximum Gasteiger partial charge on any atom is 0.283 e. The monoisotopic (exact) mass is 325 g/mol. The van der Waals surface area contributed by atoms with Crippen LogP contribution in [0.5, 0.6) is 0 Å². The first kappa shape index (κ1) is 16.2. The number of rotatable bonds is 5. The Bertz CT molecular complexity index is 784. The Morgan fingerprint density at radius 1 is 1.36 bits per heavy atom. The highest BCUT2D eigenvalue weighted by atomic mass is 32.2. The fraction of sp³-hybridized carbons (Fsp3) is 0.286. The molecule has 0 atom stereocenters. The lowest BCUT2D eigenvalue weighted by atomic mass is 10.2. The minimum absolute atomic E-state index is 0.280. The van der Waals surface area contributed by atoms with E-state index in [4.69, 9.17) is 0 Å². The Morgan fingerprint density at radius 3 is 2.68 bits per heavy atom. The molecule has 6 nitrogen and oxygen atoms in total. The predicted octanol–water partition coefficient (Wildman–Crippen LogP) is 1.80. The molecule has 1 N–H and O–H groups in total. The van der Waals surface area contributed by atoms with Crippen LogP contribution >= 0.6 is 0 Å². The molecular formula is C14H16FN3O3S. The first-order valence-corrected chi connectivity index (χ1v) is 8.11. The lowest BCUT2D eigenvalue weighted by Crippen LogP contribution is -2.31. The smallest absolute Gasteiger partial charge is 0.283 e. The zero-order valence-corrected chi connectivity index (χ0v) is 13.0. The van der Waals surface area contributed by atoms with Crippen molar-refractivity contribution >= 4 is 15.9 Å². The summed E-state index contributed by atoms with van der Waals surface area (Å²) in [5.41, 5.74) is -0.340. The van der Waals surface area contributed by atoms with E-state index in [2.05, 4.69) is 4.98 Å². The minimum atomic E-state index is -4.14. The van der Waals surface area contributed by atoms with Gasteiger partial charge in [0.2, 0.25) is 0 Å². The van der Waals surface area contributed by atoms with E-state index in [-0.39, 0.29) is 10.6 Å². The highest BCUT2D eigenvalue weighted by Crippen LogP contribution is 2.10. The molecule has 0 unspecified atom stereocenters. The van der Waals surface area contributed by atoms with Crippen LogP contribution in [-0.2, 0) is 16.6 Å². The average Bonchev–Trinajstić information content (AvgIpc) is 2.87. The Hall–Kier alpha value is -2.22. The second-order valence-corrected chi connectivity index (χ2v) is 6.85. The highest BCUT2D eigenvalue weighted by molar-refractivity contribution is 7.90. The summed E-state index contributed by atoms with van der Waals surface area (Å²) in [6.07, 6.45) is 2.71. The van der Waals surface area contributed by atoms with Crippen LogP contribution in [-0.4, -0.2) is 23.9 Å². The topological polar surface area (TPSA) is 81.1 Å². The number of hydrogen-bond acceptors (Lipinski definition) is 4. The van der Waals surface area contributed by atoms with Crippen LogP contribution in [0.25, 0.3) is 0 Å². The summed E-state index contributed by atoms with van der Waals surface area (Å²) >= 11 is 0. The Morgan fingerprint density at radius 2 is 2.05 bits per heavy atom. The van der Waals surface area contributed by atoms with E-state index >= 15 is 0 Å². The molecule has 2 rings (SSSR count). The first-order chi connectivity index (χ1) is 10.3. The summed E-state index contributed by atoms with van der Waals surface area (Å²) in [6, 6.07) is 5.15. The van der Waals surface area contributed by atoms with Gasteiger partial charge in [0, 0.05) is 12.7 Å². The largest absolute Gasteiger partial charge is 0.336 e. The van der Waals surface area contributed by atoms with Crippen LogP contribution < -0.4 is 4.72 Å². The summed E-state index contributed by atoms with van der Waals surface area (Å²) in [4.78, 5) is 15.7. The molecule has 0 fully saturated rings. The van der Waals surface area contributed by atoms with Gasteiger partial charge in [-0.05, 0) is 18.1 Å². The van der Waals surface area contributed by atoms with Crippen molar-refractivity contribution in [1.82, 2.24) is 14.3 Å². The number of carbonyl (C=O) groups is 1. The minimum Gasteiger partial charge on any atom is -0.336 e. The Kier molecular flexibility index (Phi) is 4.60. The number of sulfonamides is 1. The summed E-state index contributed by atoms with van der Waals surface area (Å²) in [6.45, 7) is 4.56. The van der Waals surface area contributed by atoms with Gasteiger partial charge in [0.05, 0.1) is 11.9 Å². The number of carbonyl (C=O) groups excluding carboxylic acids is 1. The zero-order valence-electron chi connectivity index (χ0n) is 12.2. The van der Waals surface area contributed by atoms with Crippen LogP contribution in [0.2, 0.25) is 0 Å². The normalized spacial score (nSPS) is 11.6. The van der Waals surface area contributed by atoms with Gasteiger partial charge in [0.15, 0.2) is 5.03 Å². The summed E-state index contributed by atoms with van der Waals surface area (Å²) in [5, 5.41) is -0.280. The molecule has 22 heavy (non-hydrogen) atoms.